The van der Waals surface area contributed by atoms with E-state index in [9.17, 15) is 14.0 Å². The van der Waals surface area contributed by atoms with Gasteiger partial charge in [0.2, 0.25) is 0 Å². The quantitative estimate of drug-likeness (QED) is 0.643. The van der Waals surface area contributed by atoms with Crippen LogP contribution in [0.25, 0.3) is 0 Å². The van der Waals surface area contributed by atoms with Crippen LogP contribution in [0.2, 0.25) is 0 Å². The van der Waals surface area contributed by atoms with Gasteiger partial charge >= 0.3 is 12.2 Å². The maximum Gasteiger partial charge on any atom is 0.505 e. The predicted octanol–water partition coefficient (Wildman–Crippen LogP) is 2.45. The van der Waals surface area contributed by atoms with Gasteiger partial charge < -0.3 is 14.6 Å². The monoisotopic (exact) mass is 381 g/mol. The van der Waals surface area contributed by atoms with Gasteiger partial charge in [0.15, 0.2) is 6.10 Å². The number of carbonyl (C=O) groups excluding carboxylic acids is 1. The zero-order valence-electron chi connectivity index (χ0n) is 9.51. The lowest BCUT2D eigenvalue weighted by molar-refractivity contribution is 0.0462. The lowest BCUT2D eigenvalue weighted by Crippen LogP contribution is -2.26. The van der Waals surface area contributed by atoms with E-state index in [4.69, 9.17) is 9.84 Å². The normalized spacial score (nSPS) is 18.3. The highest BCUT2D eigenvalue weighted by Gasteiger charge is 2.33. The Labute approximate surface area is 121 Å². The summed E-state index contributed by atoms with van der Waals surface area (Å²) < 4.78 is 23.1. The van der Waals surface area contributed by atoms with Crippen LogP contribution in [-0.2, 0) is 9.47 Å². The molecular formula is C11H9FINO5. The third-order valence-electron chi connectivity index (χ3n) is 2.48. The fourth-order valence-corrected chi connectivity index (χ4v) is 1.97. The molecule has 1 N–H and O–H groups in total. The number of rotatable bonds is 3. The largest absolute Gasteiger partial charge is 0.505 e. The molecule has 1 aliphatic rings. The van der Waals surface area contributed by atoms with Crippen molar-refractivity contribution in [1.82, 2.24) is 0 Å². The number of hydrogen-bond donors (Lipinski definition) is 1. The first kappa shape index (κ1) is 13.8. The van der Waals surface area contributed by atoms with Crippen LogP contribution in [0.15, 0.2) is 18.2 Å². The lowest BCUT2D eigenvalue weighted by Gasteiger charge is -2.13. The SMILES string of the molecule is O=C(O)OC[C@H]1CN(c2ccc(I)c(F)c2)C(=O)O1. The van der Waals surface area contributed by atoms with Gasteiger partial charge in [-0.1, -0.05) is 0 Å². The molecule has 19 heavy (non-hydrogen) atoms. The molecule has 8 heteroatoms. The van der Waals surface area contributed by atoms with Gasteiger partial charge in [-0.15, -0.1) is 0 Å². The third kappa shape index (κ3) is 3.25. The van der Waals surface area contributed by atoms with Crippen molar-refractivity contribution in [3.63, 3.8) is 0 Å². The number of halogens is 2. The molecule has 1 heterocycles. The molecule has 102 valence electrons. The van der Waals surface area contributed by atoms with Gasteiger partial charge in [-0.2, -0.15) is 0 Å². The second-order valence-corrected chi connectivity index (χ2v) is 4.95. The second-order valence-electron chi connectivity index (χ2n) is 3.79. The first-order chi connectivity index (χ1) is 8.97. The van der Waals surface area contributed by atoms with Crippen LogP contribution in [0.4, 0.5) is 19.7 Å². The van der Waals surface area contributed by atoms with Gasteiger partial charge in [-0.05, 0) is 40.8 Å². The predicted molar refractivity (Wildman–Crippen MR) is 70.7 cm³/mol. The molecule has 1 aromatic rings. The number of carbonyl (C=O) groups is 2. The summed E-state index contributed by atoms with van der Waals surface area (Å²) in [5.41, 5.74) is 0.362. The summed E-state index contributed by atoms with van der Waals surface area (Å²) in [7, 11) is 0. The Hall–Kier alpha value is -1.58. The smallest absolute Gasteiger partial charge is 0.450 e. The molecule has 2 rings (SSSR count). The van der Waals surface area contributed by atoms with Crippen molar-refractivity contribution in [2.75, 3.05) is 18.1 Å². The highest BCUT2D eigenvalue weighted by atomic mass is 127. The van der Waals surface area contributed by atoms with Crippen LogP contribution >= 0.6 is 22.6 Å². The minimum atomic E-state index is -1.44. The van der Waals surface area contributed by atoms with E-state index in [0.717, 1.165) is 0 Å². The van der Waals surface area contributed by atoms with Crippen LogP contribution < -0.4 is 4.90 Å². The summed E-state index contributed by atoms with van der Waals surface area (Å²) in [6, 6.07) is 4.36. The van der Waals surface area contributed by atoms with Crippen molar-refractivity contribution in [3.05, 3.63) is 27.6 Å². The number of cyclic esters (lactones) is 1. The zero-order valence-corrected chi connectivity index (χ0v) is 11.7. The molecular weight excluding hydrogens is 372 g/mol. The second kappa shape index (κ2) is 5.59. The number of hydrogen-bond acceptors (Lipinski definition) is 4. The van der Waals surface area contributed by atoms with E-state index < -0.39 is 24.2 Å². The number of amides is 1. The van der Waals surface area contributed by atoms with Crippen molar-refractivity contribution in [2.45, 2.75) is 6.10 Å². The van der Waals surface area contributed by atoms with Gasteiger partial charge in [-0.25, -0.2) is 14.0 Å². The van der Waals surface area contributed by atoms with Crippen LogP contribution in [-0.4, -0.2) is 36.6 Å². The summed E-state index contributed by atoms with van der Waals surface area (Å²) in [6.45, 7) is -0.128. The minimum absolute atomic E-state index is 0.117. The maximum absolute atomic E-state index is 13.4. The summed E-state index contributed by atoms with van der Waals surface area (Å²) in [6.07, 6.45) is -2.78. The van der Waals surface area contributed by atoms with Gasteiger partial charge in [0.05, 0.1) is 12.2 Å². The van der Waals surface area contributed by atoms with Crippen LogP contribution in [0.5, 0.6) is 0 Å². The zero-order chi connectivity index (χ0) is 14.0. The molecule has 0 radical (unpaired) electrons. The highest BCUT2D eigenvalue weighted by Crippen LogP contribution is 2.24. The Balaban J connectivity index is 2.07. The van der Waals surface area contributed by atoms with Crippen molar-refractivity contribution < 1.29 is 28.6 Å². The maximum atomic E-state index is 13.4. The summed E-state index contributed by atoms with van der Waals surface area (Å²) >= 11 is 1.84. The van der Waals surface area contributed by atoms with E-state index in [1.807, 2.05) is 22.6 Å². The molecule has 0 aliphatic carbocycles. The van der Waals surface area contributed by atoms with Gasteiger partial charge in [0.1, 0.15) is 12.4 Å². The molecule has 0 saturated carbocycles. The van der Waals surface area contributed by atoms with E-state index in [1.54, 1.807) is 12.1 Å². The summed E-state index contributed by atoms with van der Waals surface area (Å²) in [5, 5.41) is 8.36. The van der Waals surface area contributed by atoms with Crippen LogP contribution in [0.1, 0.15) is 0 Å². The molecule has 6 nitrogen and oxygen atoms in total. The number of carboxylic acid groups (broad SMARTS) is 1. The minimum Gasteiger partial charge on any atom is -0.450 e. The average molecular weight is 381 g/mol. The van der Waals surface area contributed by atoms with E-state index in [0.29, 0.717) is 9.26 Å². The Bertz CT molecular complexity index is 524. The molecule has 0 spiro atoms. The van der Waals surface area contributed by atoms with Crippen LogP contribution in [0, 0.1) is 9.39 Å². The average Bonchev–Trinajstić information content (AvgIpc) is 2.72. The van der Waals surface area contributed by atoms with E-state index in [-0.39, 0.29) is 13.2 Å². The van der Waals surface area contributed by atoms with Crippen molar-refractivity contribution in [1.29, 1.82) is 0 Å². The van der Waals surface area contributed by atoms with E-state index in [2.05, 4.69) is 4.74 Å². The number of ether oxygens (including phenoxy) is 2. The molecule has 1 fully saturated rings. The fourth-order valence-electron chi connectivity index (χ4n) is 1.64. The Morgan fingerprint density at radius 1 is 1.63 bits per heavy atom. The van der Waals surface area contributed by atoms with Crippen molar-refractivity contribution in [2.24, 2.45) is 0 Å². The van der Waals surface area contributed by atoms with E-state index in [1.165, 1.54) is 11.0 Å². The van der Waals surface area contributed by atoms with Crippen molar-refractivity contribution >= 4 is 40.5 Å². The first-order valence-electron chi connectivity index (χ1n) is 5.26. The molecule has 1 aromatic carbocycles. The van der Waals surface area contributed by atoms with Crippen molar-refractivity contribution in [3.8, 4) is 0 Å². The summed E-state index contributed by atoms with van der Waals surface area (Å²) in [5.74, 6) is -0.434. The van der Waals surface area contributed by atoms with E-state index >= 15 is 0 Å². The topological polar surface area (TPSA) is 76.1 Å². The Morgan fingerprint density at radius 3 is 3.00 bits per heavy atom. The van der Waals surface area contributed by atoms with Gasteiger partial charge in [-0.3, -0.25) is 4.90 Å². The number of benzene rings is 1. The van der Waals surface area contributed by atoms with Crippen LogP contribution in [0.3, 0.4) is 0 Å². The molecule has 1 amide bonds. The molecule has 0 unspecified atom stereocenters. The Morgan fingerprint density at radius 2 is 2.37 bits per heavy atom. The lowest BCUT2D eigenvalue weighted by atomic mass is 10.2. The number of nitrogens with zero attached hydrogens (tertiary/aromatic N) is 1. The molecule has 1 atom stereocenters. The Kier molecular flexibility index (Phi) is 4.08. The fraction of sp³-hybridized carbons (Fsp3) is 0.273. The summed E-state index contributed by atoms with van der Waals surface area (Å²) in [4.78, 5) is 23.1. The number of anilines is 1. The third-order valence-corrected chi connectivity index (χ3v) is 3.36. The first-order valence-corrected chi connectivity index (χ1v) is 6.34. The highest BCUT2D eigenvalue weighted by molar-refractivity contribution is 14.1. The molecule has 0 aromatic heterocycles. The standard InChI is InChI=1S/C11H9FINO5/c12-8-3-6(1-2-9(8)13)14-4-7(19-10(14)15)5-18-11(16)17/h1-3,7H,4-5H2,(H,16,17)/t7-/m1/s1. The van der Waals surface area contributed by atoms with Gasteiger partial charge in [0, 0.05) is 3.57 Å². The molecule has 1 aliphatic heterocycles. The molecule has 1 saturated heterocycles. The van der Waals surface area contributed by atoms with Gasteiger partial charge in [0.25, 0.3) is 0 Å². The molecule has 0 bridgehead atoms.